The molecule has 1 atom stereocenters. The lowest BCUT2D eigenvalue weighted by Gasteiger charge is -2.26. The van der Waals surface area contributed by atoms with E-state index in [1.807, 2.05) is 5.32 Å². The Morgan fingerprint density at radius 2 is 2.08 bits per heavy atom. The number of nitrogens with one attached hydrogen (secondary N) is 1. The van der Waals surface area contributed by atoms with E-state index in [4.69, 9.17) is 11.6 Å². The third-order valence-corrected chi connectivity index (χ3v) is 4.64. The number of non-ortho nitro benzene ring substituents is 1. The van der Waals surface area contributed by atoms with Gasteiger partial charge in [0.1, 0.15) is 0 Å². The maximum absolute atomic E-state index is 12.5. The second-order valence-electron chi connectivity index (χ2n) is 5.82. The minimum atomic E-state index is -4.94. The SMILES string of the molecule is O=C(NC1CCCC2=C1Cc1cc([N+](=O)[O-])cc(Cl)c12)C(F)(F)F. The van der Waals surface area contributed by atoms with Gasteiger partial charge in [-0.05, 0) is 42.4 Å². The Balaban J connectivity index is 1.94. The van der Waals surface area contributed by atoms with Crippen LogP contribution in [0.15, 0.2) is 17.7 Å². The molecule has 1 aromatic carbocycles. The fraction of sp³-hybridized carbons (Fsp3) is 0.400. The number of hydrogen-bond donors (Lipinski definition) is 1. The van der Waals surface area contributed by atoms with Crippen molar-refractivity contribution in [2.45, 2.75) is 37.9 Å². The van der Waals surface area contributed by atoms with Crippen molar-refractivity contribution in [1.29, 1.82) is 0 Å². The first-order chi connectivity index (χ1) is 11.2. The van der Waals surface area contributed by atoms with Crippen molar-refractivity contribution < 1.29 is 22.9 Å². The van der Waals surface area contributed by atoms with Crippen LogP contribution >= 0.6 is 11.6 Å². The first kappa shape index (κ1) is 16.8. The Hall–Kier alpha value is -2.09. The summed E-state index contributed by atoms with van der Waals surface area (Å²) in [4.78, 5) is 21.6. The van der Waals surface area contributed by atoms with Crippen molar-refractivity contribution >= 4 is 28.8 Å². The lowest BCUT2D eigenvalue weighted by Crippen LogP contribution is -2.44. The molecule has 0 aromatic heterocycles. The van der Waals surface area contributed by atoms with Gasteiger partial charge in [0.2, 0.25) is 0 Å². The van der Waals surface area contributed by atoms with Gasteiger partial charge in [0.15, 0.2) is 0 Å². The standard InChI is InChI=1S/C15H12ClF3N2O3/c16-11-6-8(21(23)24)4-7-5-10-9(13(7)11)2-1-3-12(10)20-14(22)15(17,18)19/h4,6,12H,1-3,5H2,(H,20,22). The van der Waals surface area contributed by atoms with Crippen LogP contribution < -0.4 is 5.32 Å². The average Bonchev–Trinajstić information content (AvgIpc) is 2.86. The predicted octanol–water partition coefficient (Wildman–Crippen LogP) is 3.79. The van der Waals surface area contributed by atoms with Crippen LogP contribution in [0.3, 0.4) is 0 Å². The number of nitrogens with zero attached hydrogens (tertiary/aromatic N) is 1. The molecule has 0 heterocycles. The molecule has 1 N–H and O–H groups in total. The van der Waals surface area contributed by atoms with Crippen LogP contribution in [0.5, 0.6) is 0 Å². The van der Waals surface area contributed by atoms with Crippen molar-refractivity contribution in [1.82, 2.24) is 5.32 Å². The Morgan fingerprint density at radius 1 is 1.38 bits per heavy atom. The minimum absolute atomic E-state index is 0.158. The van der Waals surface area contributed by atoms with Gasteiger partial charge in [0, 0.05) is 17.7 Å². The molecule has 5 nitrogen and oxygen atoms in total. The monoisotopic (exact) mass is 360 g/mol. The van der Waals surface area contributed by atoms with Crippen LogP contribution in [-0.4, -0.2) is 23.0 Å². The number of nitro benzene ring substituents is 1. The number of amides is 1. The first-order valence-corrected chi connectivity index (χ1v) is 7.63. The van der Waals surface area contributed by atoms with Gasteiger partial charge >= 0.3 is 12.1 Å². The van der Waals surface area contributed by atoms with Gasteiger partial charge < -0.3 is 5.32 Å². The molecular weight excluding hydrogens is 349 g/mol. The van der Waals surface area contributed by atoms with E-state index in [1.54, 1.807) is 0 Å². The molecule has 0 bridgehead atoms. The third kappa shape index (κ3) is 2.86. The van der Waals surface area contributed by atoms with Crippen LogP contribution in [0.25, 0.3) is 5.57 Å². The summed E-state index contributed by atoms with van der Waals surface area (Å²) in [6.45, 7) is 0. The number of benzene rings is 1. The zero-order valence-corrected chi connectivity index (χ0v) is 13.0. The van der Waals surface area contributed by atoms with Crippen molar-refractivity contribution in [3.05, 3.63) is 44.0 Å². The molecule has 9 heteroatoms. The molecule has 2 aliphatic rings. The van der Waals surface area contributed by atoms with Gasteiger partial charge in [-0.3, -0.25) is 14.9 Å². The molecule has 0 saturated heterocycles. The number of fused-ring (bicyclic) bond motifs is 2. The summed E-state index contributed by atoms with van der Waals surface area (Å²) in [6, 6.07) is 1.90. The second-order valence-corrected chi connectivity index (χ2v) is 6.22. The van der Waals surface area contributed by atoms with E-state index >= 15 is 0 Å². The van der Waals surface area contributed by atoms with Gasteiger partial charge in [-0.15, -0.1) is 0 Å². The maximum Gasteiger partial charge on any atom is 0.471 e. The highest BCUT2D eigenvalue weighted by Crippen LogP contribution is 2.46. The highest BCUT2D eigenvalue weighted by Gasteiger charge is 2.42. The van der Waals surface area contributed by atoms with E-state index in [1.165, 1.54) is 12.1 Å². The number of allylic oxidation sites excluding steroid dienone is 1. The second kappa shape index (κ2) is 5.77. The van der Waals surface area contributed by atoms with Crippen molar-refractivity contribution in [2.24, 2.45) is 0 Å². The largest absolute Gasteiger partial charge is 0.471 e. The summed E-state index contributed by atoms with van der Waals surface area (Å²) in [5, 5.41) is 13.2. The lowest BCUT2D eigenvalue weighted by molar-refractivity contribution is -0.384. The van der Waals surface area contributed by atoms with Crippen molar-refractivity contribution in [3.63, 3.8) is 0 Å². The first-order valence-electron chi connectivity index (χ1n) is 7.25. The number of carbonyl (C=O) groups excluding carboxylic acids is 1. The van der Waals surface area contributed by atoms with E-state index in [-0.39, 0.29) is 17.1 Å². The molecule has 0 radical (unpaired) electrons. The van der Waals surface area contributed by atoms with E-state index in [2.05, 4.69) is 0 Å². The van der Waals surface area contributed by atoms with Crippen molar-refractivity contribution in [2.75, 3.05) is 0 Å². The van der Waals surface area contributed by atoms with Crippen LogP contribution in [0.1, 0.15) is 30.4 Å². The molecule has 0 saturated carbocycles. The summed E-state index contributed by atoms with van der Waals surface area (Å²) in [5.41, 5.74) is 2.57. The fourth-order valence-corrected chi connectivity index (χ4v) is 3.73. The quantitative estimate of drug-likeness (QED) is 0.644. The van der Waals surface area contributed by atoms with E-state index in [9.17, 15) is 28.1 Å². The molecule has 128 valence electrons. The normalized spacial score (nSPS) is 19.8. The summed E-state index contributed by atoms with van der Waals surface area (Å²) in [6.07, 6.45) is -3.06. The number of carbonyl (C=O) groups is 1. The molecule has 0 spiro atoms. The lowest BCUT2D eigenvalue weighted by atomic mass is 9.88. The van der Waals surface area contributed by atoms with Crippen LogP contribution in [0.2, 0.25) is 5.02 Å². The highest BCUT2D eigenvalue weighted by atomic mass is 35.5. The molecular formula is C15H12ClF3N2O3. The average molecular weight is 361 g/mol. The summed E-state index contributed by atoms with van der Waals surface area (Å²) >= 11 is 6.16. The van der Waals surface area contributed by atoms with E-state index < -0.39 is 23.0 Å². The number of halogens is 4. The van der Waals surface area contributed by atoms with Gasteiger partial charge in [-0.1, -0.05) is 11.6 Å². The zero-order valence-electron chi connectivity index (χ0n) is 12.2. The summed E-state index contributed by atoms with van der Waals surface area (Å²) in [5.74, 6) is -1.98. The molecule has 24 heavy (non-hydrogen) atoms. The van der Waals surface area contributed by atoms with Crippen LogP contribution in [0, 0.1) is 10.1 Å². The third-order valence-electron chi connectivity index (χ3n) is 4.34. The Morgan fingerprint density at radius 3 is 2.71 bits per heavy atom. The number of rotatable bonds is 2. The predicted molar refractivity (Wildman–Crippen MR) is 80.6 cm³/mol. The molecule has 2 aliphatic carbocycles. The molecule has 1 amide bonds. The number of alkyl halides is 3. The summed E-state index contributed by atoms with van der Waals surface area (Å²) < 4.78 is 37.5. The summed E-state index contributed by atoms with van der Waals surface area (Å²) in [7, 11) is 0. The zero-order chi connectivity index (χ0) is 17.6. The van der Waals surface area contributed by atoms with Crippen molar-refractivity contribution in [3.8, 4) is 0 Å². The fourth-order valence-electron chi connectivity index (χ4n) is 3.38. The van der Waals surface area contributed by atoms with Gasteiger partial charge in [-0.25, -0.2) is 0 Å². The molecule has 0 fully saturated rings. The molecule has 1 aromatic rings. The topological polar surface area (TPSA) is 72.2 Å². The Bertz CT molecular complexity index is 774. The molecule has 1 unspecified atom stereocenters. The Labute approximate surface area is 139 Å². The van der Waals surface area contributed by atoms with Gasteiger partial charge in [-0.2, -0.15) is 13.2 Å². The minimum Gasteiger partial charge on any atom is -0.342 e. The van der Waals surface area contributed by atoms with Crippen LogP contribution in [0.4, 0.5) is 18.9 Å². The smallest absolute Gasteiger partial charge is 0.342 e. The molecule has 0 aliphatic heterocycles. The van der Waals surface area contributed by atoms with E-state index in [0.29, 0.717) is 36.0 Å². The number of nitro groups is 1. The maximum atomic E-state index is 12.5. The van der Waals surface area contributed by atoms with Crippen LogP contribution in [-0.2, 0) is 11.2 Å². The molecule has 3 rings (SSSR count). The Kier molecular flexibility index (Phi) is 4.03. The van der Waals surface area contributed by atoms with E-state index in [0.717, 1.165) is 5.57 Å². The highest BCUT2D eigenvalue weighted by molar-refractivity contribution is 6.33. The van der Waals surface area contributed by atoms with Gasteiger partial charge in [0.05, 0.1) is 16.0 Å². The number of hydrogen-bond acceptors (Lipinski definition) is 3. The van der Waals surface area contributed by atoms with Gasteiger partial charge in [0.25, 0.3) is 5.69 Å².